The Bertz CT molecular complexity index is 352. The number of hydrogen-bond acceptors (Lipinski definition) is 3. The lowest BCUT2D eigenvalue weighted by Gasteiger charge is -2.29. The molecule has 1 aromatic carbocycles. The molecule has 0 radical (unpaired) electrons. The van der Waals surface area contributed by atoms with Crippen molar-refractivity contribution in [2.24, 2.45) is 11.1 Å². The van der Waals surface area contributed by atoms with Crippen molar-refractivity contribution in [3.8, 4) is 5.75 Å². The van der Waals surface area contributed by atoms with Gasteiger partial charge in [-0.05, 0) is 17.7 Å². The Morgan fingerprint density at radius 3 is 2.24 bits per heavy atom. The molecule has 1 aromatic rings. The van der Waals surface area contributed by atoms with Crippen LogP contribution in [-0.4, -0.2) is 18.3 Å². The molecule has 0 amide bonds. The average Bonchev–Trinajstić information content (AvgIpc) is 2.28. The first-order chi connectivity index (χ1) is 7.86. The number of nitrogens with two attached hydrogens (primary N) is 1. The molecule has 0 aliphatic carbocycles. The van der Waals surface area contributed by atoms with E-state index in [0.717, 1.165) is 5.56 Å². The summed E-state index contributed by atoms with van der Waals surface area (Å²) in [6.45, 7) is 0.787. The molecule has 0 aliphatic heterocycles. The lowest BCUT2D eigenvalue weighted by Crippen LogP contribution is -2.32. The number of aliphatic hydroxyl groups is 1. The summed E-state index contributed by atoms with van der Waals surface area (Å²) in [4.78, 5) is 0. The topological polar surface area (TPSA) is 55.5 Å². The summed E-state index contributed by atoms with van der Waals surface area (Å²) in [5.74, 6) is 0.0951. The summed E-state index contributed by atoms with van der Waals surface area (Å²) in [6.07, 6.45) is 0. The number of alkyl halides is 2. The van der Waals surface area contributed by atoms with Crippen LogP contribution in [0.4, 0.5) is 8.78 Å². The summed E-state index contributed by atoms with van der Waals surface area (Å²) in [6, 6.07) is 5.76. The third-order valence-corrected chi connectivity index (χ3v) is 2.71. The van der Waals surface area contributed by atoms with Crippen molar-refractivity contribution in [1.82, 2.24) is 0 Å². The highest BCUT2D eigenvalue weighted by atomic mass is 19.3. The Morgan fingerprint density at radius 2 is 1.82 bits per heavy atom. The van der Waals surface area contributed by atoms with E-state index in [1.165, 1.54) is 12.1 Å². The van der Waals surface area contributed by atoms with Gasteiger partial charge in [-0.1, -0.05) is 26.0 Å². The van der Waals surface area contributed by atoms with Crippen molar-refractivity contribution in [2.75, 3.05) is 6.61 Å². The van der Waals surface area contributed by atoms with Crippen molar-refractivity contribution < 1.29 is 18.6 Å². The van der Waals surface area contributed by atoms with E-state index in [-0.39, 0.29) is 18.4 Å². The molecule has 17 heavy (non-hydrogen) atoms. The zero-order chi connectivity index (χ0) is 13.1. The Hall–Kier alpha value is -1.20. The molecular weight excluding hydrogens is 228 g/mol. The zero-order valence-electron chi connectivity index (χ0n) is 9.86. The highest BCUT2D eigenvalue weighted by Gasteiger charge is 2.26. The van der Waals surface area contributed by atoms with Gasteiger partial charge in [0, 0.05) is 18.1 Å². The first-order valence-electron chi connectivity index (χ1n) is 5.28. The van der Waals surface area contributed by atoms with Gasteiger partial charge in [-0.3, -0.25) is 0 Å². The summed E-state index contributed by atoms with van der Waals surface area (Å²) in [5, 5.41) is 9.20. The van der Waals surface area contributed by atoms with Gasteiger partial charge in [0.1, 0.15) is 5.75 Å². The van der Waals surface area contributed by atoms with E-state index in [1.807, 2.05) is 13.8 Å². The van der Waals surface area contributed by atoms with Crippen LogP contribution in [0.2, 0.25) is 0 Å². The summed E-state index contributed by atoms with van der Waals surface area (Å²) < 4.78 is 28.1. The smallest absolute Gasteiger partial charge is 0.387 e. The van der Waals surface area contributed by atoms with Crippen molar-refractivity contribution in [1.29, 1.82) is 0 Å². The second kappa shape index (κ2) is 5.42. The monoisotopic (exact) mass is 245 g/mol. The Balaban J connectivity index is 2.80. The maximum atomic E-state index is 11.9. The first kappa shape index (κ1) is 13.9. The van der Waals surface area contributed by atoms with Crippen LogP contribution >= 0.6 is 0 Å². The SMILES string of the molecule is CC(C)(CO)[C@@H](N)c1ccc(OC(F)F)cc1. The number of aliphatic hydroxyl groups excluding tert-OH is 1. The minimum atomic E-state index is -2.83. The van der Waals surface area contributed by atoms with Crippen molar-refractivity contribution in [3.63, 3.8) is 0 Å². The standard InChI is InChI=1S/C12H17F2NO2/c1-12(2,7-16)10(15)8-3-5-9(6-4-8)17-11(13)14/h3-6,10-11,16H,7,15H2,1-2H3/t10-/m0/s1. The number of halogens is 2. The highest BCUT2D eigenvalue weighted by molar-refractivity contribution is 5.30. The molecule has 1 atom stereocenters. The zero-order valence-corrected chi connectivity index (χ0v) is 9.86. The third kappa shape index (κ3) is 3.64. The van der Waals surface area contributed by atoms with Gasteiger partial charge in [0.25, 0.3) is 0 Å². The lowest BCUT2D eigenvalue weighted by molar-refractivity contribution is -0.0498. The number of rotatable bonds is 5. The molecule has 0 saturated carbocycles. The molecule has 3 N–H and O–H groups in total. The van der Waals surface area contributed by atoms with Crippen LogP contribution in [0.15, 0.2) is 24.3 Å². The van der Waals surface area contributed by atoms with Gasteiger partial charge in [-0.25, -0.2) is 0 Å². The van der Waals surface area contributed by atoms with Gasteiger partial charge < -0.3 is 15.6 Å². The Labute approximate surface area is 99.2 Å². The van der Waals surface area contributed by atoms with Crippen molar-refractivity contribution in [3.05, 3.63) is 29.8 Å². The van der Waals surface area contributed by atoms with Gasteiger partial charge >= 0.3 is 6.61 Å². The summed E-state index contributed by atoms with van der Waals surface area (Å²) in [7, 11) is 0. The molecule has 0 unspecified atom stereocenters. The molecular formula is C12H17F2NO2. The molecule has 0 bridgehead atoms. The van der Waals surface area contributed by atoms with E-state index in [9.17, 15) is 13.9 Å². The van der Waals surface area contributed by atoms with E-state index in [1.54, 1.807) is 12.1 Å². The number of benzene rings is 1. The van der Waals surface area contributed by atoms with Gasteiger partial charge in [0.2, 0.25) is 0 Å². The van der Waals surface area contributed by atoms with E-state index < -0.39 is 12.0 Å². The van der Waals surface area contributed by atoms with Crippen LogP contribution < -0.4 is 10.5 Å². The molecule has 96 valence electrons. The predicted octanol–water partition coefficient (Wildman–Crippen LogP) is 2.31. The molecule has 0 saturated heterocycles. The Morgan fingerprint density at radius 1 is 1.29 bits per heavy atom. The summed E-state index contributed by atoms with van der Waals surface area (Å²) >= 11 is 0. The van der Waals surface area contributed by atoms with Crippen LogP contribution in [0.3, 0.4) is 0 Å². The van der Waals surface area contributed by atoms with Gasteiger partial charge in [0.15, 0.2) is 0 Å². The van der Waals surface area contributed by atoms with E-state index in [0.29, 0.717) is 0 Å². The second-order valence-corrected chi connectivity index (χ2v) is 4.57. The lowest BCUT2D eigenvalue weighted by atomic mass is 9.82. The second-order valence-electron chi connectivity index (χ2n) is 4.57. The van der Waals surface area contributed by atoms with Crippen molar-refractivity contribution in [2.45, 2.75) is 26.5 Å². The highest BCUT2D eigenvalue weighted by Crippen LogP contribution is 2.31. The summed E-state index contributed by atoms with van der Waals surface area (Å²) in [5.41, 5.74) is 6.29. The minimum Gasteiger partial charge on any atom is -0.435 e. The minimum absolute atomic E-state index is 0.0521. The molecule has 3 nitrogen and oxygen atoms in total. The van der Waals surface area contributed by atoms with Gasteiger partial charge in [-0.2, -0.15) is 8.78 Å². The van der Waals surface area contributed by atoms with E-state index in [4.69, 9.17) is 5.73 Å². The molecule has 0 heterocycles. The Kier molecular flexibility index (Phi) is 4.42. The van der Waals surface area contributed by atoms with Crippen LogP contribution in [-0.2, 0) is 0 Å². The molecule has 1 rings (SSSR count). The largest absolute Gasteiger partial charge is 0.435 e. The van der Waals surface area contributed by atoms with Crippen LogP contribution in [0.25, 0.3) is 0 Å². The van der Waals surface area contributed by atoms with E-state index in [2.05, 4.69) is 4.74 Å². The normalized spacial score (nSPS) is 13.8. The maximum Gasteiger partial charge on any atom is 0.387 e. The molecule has 5 heteroatoms. The number of ether oxygens (including phenoxy) is 1. The predicted molar refractivity (Wildman–Crippen MR) is 60.9 cm³/mol. The van der Waals surface area contributed by atoms with E-state index >= 15 is 0 Å². The quantitative estimate of drug-likeness (QED) is 0.837. The molecule has 0 spiro atoms. The van der Waals surface area contributed by atoms with Gasteiger partial charge in [-0.15, -0.1) is 0 Å². The number of hydrogen-bond donors (Lipinski definition) is 2. The fraction of sp³-hybridized carbons (Fsp3) is 0.500. The van der Waals surface area contributed by atoms with Crippen LogP contribution in [0, 0.1) is 5.41 Å². The fourth-order valence-corrected chi connectivity index (χ4v) is 1.41. The van der Waals surface area contributed by atoms with Crippen LogP contribution in [0.1, 0.15) is 25.5 Å². The molecule has 0 aliphatic rings. The molecule has 0 fully saturated rings. The average molecular weight is 245 g/mol. The molecule has 0 aromatic heterocycles. The third-order valence-electron chi connectivity index (χ3n) is 2.71. The first-order valence-corrected chi connectivity index (χ1v) is 5.28. The van der Waals surface area contributed by atoms with Gasteiger partial charge in [0.05, 0.1) is 0 Å². The van der Waals surface area contributed by atoms with Crippen molar-refractivity contribution >= 4 is 0 Å². The maximum absolute atomic E-state index is 11.9. The van der Waals surface area contributed by atoms with Crippen LogP contribution in [0.5, 0.6) is 5.75 Å². The fourth-order valence-electron chi connectivity index (χ4n) is 1.41.